The molecule has 1 aliphatic heterocycles. The molecule has 6 nitrogen and oxygen atoms in total. The number of esters is 1. The number of aromatic hydroxyl groups is 1. The number of hydrogen-bond donors (Lipinski definition) is 2. The molecule has 1 aliphatic rings. The van der Waals surface area contributed by atoms with Crippen LogP contribution in [0.3, 0.4) is 0 Å². The van der Waals surface area contributed by atoms with Crippen LogP contribution < -0.4 is 5.43 Å². The SMILES string of the molecule is COC(=O)C1CCN(C(=S)NN=C(C)c2csc(-c3ccc(C(C)(C)C)cc3)c2O)CC1. The van der Waals surface area contributed by atoms with Gasteiger partial charge >= 0.3 is 5.97 Å². The minimum Gasteiger partial charge on any atom is -0.506 e. The fourth-order valence-electron chi connectivity index (χ4n) is 3.68. The molecular formula is C24H31N3O3S2. The Morgan fingerprint density at radius 2 is 1.88 bits per heavy atom. The monoisotopic (exact) mass is 473 g/mol. The lowest BCUT2D eigenvalue weighted by molar-refractivity contribution is -0.146. The number of methoxy groups -OCH3 is 1. The van der Waals surface area contributed by atoms with E-state index in [4.69, 9.17) is 17.0 Å². The van der Waals surface area contributed by atoms with E-state index in [2.05, 4.69) is 43.4 Å². The van der Waals surface area contributed by atoms with Crippen LogP contribution in [-0.4, -0.2) is 47.0 Å². The largest absolute Gasteiger partial charge is 0.506 e. The van der Waals surface area contributed by atoms with Crippen molar-refractivity contribution in [2.24, 2.45) is 11.0 Å². The number of carbonyl (C=O) groups excluding carboxylic acids is 1. The summed E-state index contributed by atoms with van der Waals surface area (Å²) in [6, 6.07) is 8.32. The van der Waals surface area contributed by atoms with E-state index in [9.17, 15) is 9.90 Å². The third kappa shape index (κ3) is 5.48. The molecule has 0 amide bonds. The van der Waals surface area contributed by atoms with Crippen molar-refractivity contribution in [2.45, 2.75) is 46.0 Å². The van der Waals surface area contributed by atoms with Gasteiger partial charge in [0, 0.05) is 18.5 Å². The van der Waals surface area contributed by atoms with Gasteiger partial charge in [0.15, 0.2) is 5.11 Å². The average Bonchev–Trinajstić information content (AvgIpc) is 3.17. The van der Waals surface area contributed by atoms with Crippen LogP contribution in [0.2, 0.25) is 0 Å². The highest BCUT2D eigenvalue weighted by Gasteiger charge is 2.26. The molecule has 1 saturated heterocycles. The zero-order chi connectivity index (χ0) is 23.5. The quantitative estimate of drug-likeness (QED) is 0.285. The third-order valence-electron chi connectivity index (χ3n) is 5.80. The molecule has 0 saturated carbocycles. The van der Waals surface area contributed by atoms with Crippen molar-refractivity contribution in [3.05, 3.63) is 40.8 Å². The Hall–Kier alpha value is -2.45. The van der Waals surface area contributed by atoms with Crippen LogP contribution in [-0.2, 0) is 14.9 Å². The second kappa shape index (κ2) is 10.0. The average molecular weight is 474 g/mol. The lowest BCUT2D eigenvalue weighted by atomic mass is 9.86. The zero-order valence-corrected chi connectivity index (χ0v) is 20.9. The van der Waals surface area contributed by atoms with Crippen molar-refractivity contribution >= 4 is 40.3 Å². The summed E-state index contributed by atoms with van der Waals surface area (Å²) in [5.74, 6) is 0.00321. The molecular weight excluding hydrogens is 442 g/mol. The molecule has 0 atom stereocenters. The second-order valence-electron chi connectivity index (χ2n) is 9.05. The van der Waals surface area contributed by atoms with E-state index >= 15 is 0 Å². The maximum absolute atomic E-state index is 11.7. The van der Waals surface area contributed by atoms with E-state index in [1.165, 1.54) is 24.0 Å². The summed E-state index contributed by atoms with van der Waals surface area (Å²) >= 11 is 6.96. The minimum absolute atomic E-state index is 0.0667. The second-order valence-corrected chi connectivity index (χ2v) is 10.3. The number of thiophene rings is 1. The van der Waals surface area contributed by atoms with Crippen molar-refractivity contribution in [3.63, 3.8) is 0 Å². The Labute approximate surface area is 199 Å². The first-order valence-corrected chi connectivity index (χ1v) is 12.0. The van der Waals surface area contributed by atoms with Gasteiger partial charge in [0.05, 0.1) is 29.2 Å². The predicted octanol–water partition coefficient (Wildman–Crippen LogP) is 4.90. The predicted molar refractivity (Wildman–Crippen MR) is 134 cm³/mol. The van der Waals surface area contributed by atoms with E-state index in [-0.39, 0.29) is 23.1 Å². The fourth-order valence-corrected chi connectivity index (χ4v) is 4.92. The van der Waals surface area contributed by atoms with Gasteiger partial charge in [0.25, 0.3) is 0 Å². The number of likely N-dealkylation sites (tertiary alicyclic amines) is 1. The number of benzene rings is 1. The molecule has 0 unspecified atom stereocenters. The molecule has 0 spiro atoms. The van der Waals surface area contributed by atoms with Crippen LogP contribution in [0.4, 0.5) is 0 Å². The molecule has 172 valence electrons. The van der Waals surface area contributed by atoms with Crippen molar-refractivity contribution in [2.75, 3.05) is 20.2 Å². The van der Waals surface area contributed by atoms with Gasteiger partial charge < -0.3 is 14.7 Å². The highest BCUT2D eigenvalue weighted by Crippen LogP contribution is 2.39. The number of hydrazone groups is 1. The van der Waals surface area contributed by atoms with E-state index in [0.29, 0.717) is 42.3 Å². The number of hydrogen-bond acceptors (Lipinski definition) is 6. The normalized spacial score (nSPS) is 15.5. The van der Waals surface area contributed by atoms with Gasteiger partial charge in [0.2, 0.25) is 0 Å². The first-order chi connectivity index (χ1) is 15.1. The summed E-state index contributed by atoms with van der Waals surface area (Å²) in [4.78, 5) is 14.5. The highest BCUT2D eigenvalue weighted by atomic mass is 32.1. The van der Waals surface area contributed by atoms with Crippen LogP contribution in [0.5, 0.6) is 5.75 Å². The number of piperidine rings is 1. The van der Waals surface area contributed by atoms with E-state index < -0.39 is 0 Å². The van der Waals surface area contributed by atoms with Crippen molar-refractivity contribution in [1.82, 2.24) is 10.3 Å². The van der Waals surface area contributed by atoms with Crippen LogP contribution in [0.1, 0.15) is 51.7 Å². The first-order valence-electron chi connectivity index (χ1n) is 10.7. The van der Waals surface area contributed by atoms with Gasteiger partial charge in [-0.15, -0.1) is 11.3 Å². The summed E-state index contributed by atoms with van der Waals surface area (Å²) in [7, 11) is 1.42. The molecule has 0 bridgehead atoms. The molecule has 2 heterocycles. The van der Waals surface area contributed by atoms with Gasteiger partial charge in [-0.05, 0) is 48.5 Å². The third-order valence-corrected chi connectivity index (χ3v) is 7.17. The zero-order valence-electron chi connectivity index (χ0n) is 19.3. The maximum Gasteiger partial charge on any atom is 0.308 e. The Morgan fingerprint density at radius 1 is 1.25 bits per heavy atom. The van der Waals surface area contributed by atoms with Gasteiger partial charge in [-0.3, -0.25) is 10.2 Å². The Morgan fingerprint density at radius 3 is 2.44 bits per heavy atom. The fraction of sp³-hybridized carbons (Fsp3) is 0.458. The van der Waals surface area contributed by atoms with Gasteiger partial charge in [-0.1, -0.05) is 45.0 Å². The molecule has 2 N–H and O–H groups in total. The lowest BCUT2D eigenvalue weighted by Crippen LogP contribution is -2.44. The Kier molecular flexibility index (Phi) is 7.56. The van der Waals surface area contributed by atoms with E-state index in [1.807, 2.05) is 29.3 Å². The van der Waals surface area contributed by atoms with Crippen LogP contribution in [0.25, 0.3) is 10.4 Å². The molecule has 1 fully saturated rings. The summed E-state index contributed by atoms with van der Waals surface area (Å²) in [5.41, 5.74) is 6.59. The molecule has 1 aromatic carbocycles. The number of nitrogens with one attached hydrogen (secondary N) is 1. The van der Waals surface area contributed by atoms with Gasteiger partial charge in [0.1, 0.15) is 5.75 Å². The molecule has 1 aromatic heterocycles. The van der Waals surface area contributed by atoms with Gasteiger partial charge in [-0.25, -0.2) is 0 Å². The maximum atomic E-state index is 11.7. The molecule has 2 aromatic rings. The molecule has 3 rings (SSSR count). The first kappa shape index (κ1) is 24.2. The summed E-state index contributed by atoms with van der Waals surface area (Å²) < 4.78 is 4.83. The molecule has 0 radical (unpaired) electrons. The van der Waals surface area contributed by atoms with Crippen molar-refractivity contribution in [1.29, 1.82) is 0 Å². The summed E-state index contributed by atoms with van der Waals surface area (Å²) in [5, 5.41) is 17.6. The van der Waals surface area contributed by atoms with Crippen LogP contribution in [0.15, 0.2) is 34.7 Å². The van der Waals surface area contributed by atoms with Crippen molar-refractivity contribution in [3.8, 4) is 16.2 Å². The highest BCUT2D eigenvalue weighted by molar-refractivity contribution is 7.80. The minimum atomic E-state index is -0.158. The molecule has 32 heavy (non-hydrogen) atoms. The Bertz CT molecular complexity index is 998. The number of rotatable bonds is 4. The summed E-state index contributed by atoms with van der Waals surface area (Å²) in [6.07, 6.45) is 1.42. The van der Waals surface area contributed by atoms with Crippen LogP contribution in [0, 0.1) is 5.92 Å². The standard InChI is InChI=1S/C24H31N3O3S2/c1-15(25-26-23(31)27-12-10-17(11-13-27)22(29)30-5)19-14-32-21(20(19)28)16-6-8-18(9-7-16)24(2,3)4/h6-9,14,17,28H,10-13H2,1-5H3,(H,26,31). The number of thiocarbonyl (C=S) groups is 1. The lowest BCUT2D eigenvalue weighted by Gasteiger charge is -2.31. The topological polar surface area (TPSA) is 74.2 Å². The van der Waals surface area contributed by atoms with E-state index in [1.54, 1.807) is 0 Å². The molecule has 8 heteroatoms. The number of ether oxygens (including phenoxy) is 1. The van der Waals surface area contributed by atoms with Crippen molar-refractivity contribution < 1.29 is 14.6 Å². The summed E-state index contributed by atoms with van der Waals surface area (Å²) in [6.45, 7) is 9.74. The number of carbonyl (C=O) groups is 1. The number of nitrogens with zero attached hydrogens (tertiary/aromatic N) is 2. The van der Waals surface area contributed by atoms with E-state index in [0.717, 1.165) is 10.4 Å². The van der Waals surface area contributed by atoms with Crippen LogP contribution >= 0.6 is 23.6 Å². The van der Waals surface area contributed by atoms with Gasteiger partial charge in [-0.2, -0.15) is 5.10 Å². The Balaban J connectivity index is 1.64. The molecule has 0 aliphatic carbocycles. The smallest absolute Gasteiger partial charge is 0.308 e.